The lowest BCUT2D eigenvalue weighted by molar-refractivity contribution is 0.242. The van der Waals surface area contributed by atoms with Crippen molar-refractivity contribution in [3.05, 3.63) is 70.8 Å². The number of rotatable bonds is 5. The molecule has 2 aromatic carbocycles. The molecule has 3 nitrogen and oxygen atoms in total. The van der Waals surface area contributed by atoms with Crippen LogP contribution in [0.2, 0.25) is 0 Å². The molecule has 0 radical (unpaired) electrons. The zero-order valence-corrected chi connectivity index (χ0v) is 11.2. The number of halogens is 2. The van der Waals surface area contributed by atoms with E-state index in [1.54, 1.807) is 6.07 Å². The Balaban J connectivity index is 2.14. The normalized spacial score (nSPS) is 11.9. The van der Waals surface area contributed by atoms with Crippen LogP contribution in [0.1, 0.15) is 22.7 Å². The zero-order valence-electron chi connectivity index (χ0n) is 11.2. The van der Waals surface area contributed by atoms with E-state index in [0.717, 1.165) is 17.7 Å². The van der Waals surface area contributed by atoms with Crippen LogP contribution in [-0.4, -0.2) is 11.7 Å². The first kappa shape index (κ1) is 15.1. The summed E-state index contributed by atoms with van der Waals surface area (Å²) >= 11 is 0. The number of nitriles is 1. The summed E-state index contributed by atoms with van der Waals surface area (Å²) in [7, 11) is 0. The first-order valence-corrected chi connectivity index (χ1v) is 6.43. The molecule has 0 aliphatic rings. The number of aliphatic hydroxyl groups is 1. The van der Waals surface area contributed by atoms with E-state index in [1.165, 1.54) is 0 Å². The SMILES string of the molecule is N#Cc1cc(F)c(CNC(CO)c2ccccc2)c(F)c1. The molecular formula is C16H14F2N2O. The Morgan fingerprint density at radius 1 is 1.14 bits per heavy atom. The molecule has 5 heteroatoms. The standard InChI is InChI=1S/C16H14F2N2O/c17-14-6-11(8-19)7-15(18)13(14)9-20-16(10-21)12-4-2-1-3-5-12/h1-7,16,20-21H,9-10H2. The molecule has 1 atom stereocenters. The molecule has 0 amide bonds. The van der Waals surface area contributed by atoms with Gasteiger partial charge >= 0.3 is 0 Å². The molecule has 0 saturated heterocycles. The van der Waals surface area contributed by atoms with E-state index < -0.39 is 17.7 Å². The van der Waals surface area contributed by atoms with Crippen molar-refractivity contribution in [1.29, 1.82) is 5.26 Å². The fourth-order valence-electron chi connectivity index (χ4n) is 2.03. The summed E-state index contributed by atoms with van der Waals surface area (Å²) in [5, 5.41) is 20.9. The Labute approximate surface area is 121 Å². The third kappa shape index (κ3) is 3.63. The van der Waals surface area contributed by atoms with Crippen molar-refractivity contribution in [2.75, 3.05) is 6.61 Å². The summed E-state index contributed by atoms with van der Waals surface area (Å²) in [6.45, 7) is -0.271. The molecule has 2 N–H and O–H groups in total. The highest BCUT2D eigenvalue weighted by Crippen LogP contribution is 2.17. The third-order valence-corrected chi connectivity index (χ3v) is 3.18. The maximum Gasteiger partial charge on any atom is 0.131 e. The van der Waals surface area contributed by atoms with Crippen LogP contribution in [-0.2, 0) is 6.54 Å². The van der Waals surface area contributed by atoms with Gasteiger partial charge in [-0.3, -0.25) is 0 Å². The molecule has 0 saturated carbocycles. The lowest BCUT2D eigenvalue weighted by Gasteiger charge is -2.17. The van der Waals surface area contributed by atoms with Gasteiger partial charge in [-0.15, -0.1) is 0 Å². The van der Waals surface area contributed by atoms with Gasteiger partial charge in [0.25, 0.3) is 0 Å². The first-order valence-electron chi connectivity index (χ1n) is 6.43. The monoisotopic (exact) mass is 288 g/mol. The van der Waals surface area contributed by atoms with Crippen molar-refractivity contribution in [2.24, 2.45) is 0 Å². The average Bonchev–Trinajstić information content (AvgIpc) is 2.50. The second-order valence-electron chi connectivity index (χ2n) is 4.56. The van der Waals surface area contributed by atoms with Gasteiger partial charge in [0.15, 0.2) is 0 Å². The largest absolute Gasteiger partial charge is 0.394 e. The lowest BCUT2D eigenvalue weighted by atomic mass is 10.1. The van der Waals surface area contributed by atoms with Crippen LogP contribution < -0.4 is 5.32 Å². The minimum Gasteiger partial charge on any atom is -0.394 e. The van der Waals surface area contributed by atoms with Crippen LogP contribution >= 0.6 is 0 Å². The molecule has 0 fully saturated rings. The lowest BCUT2D eigenvalue weighted by Crippen LogP contribution is -2.25. The summed E-state index contributed by atoms with van der Waals surface area (Å²) in [6, 6.07) is 12.4. The maximum atomic E-state index is 13.8. The van der Waals surface area contributed by atoms with Crippen molar-refractivity contribution in [2.45, 2.75) is 12.6 Å². The molecule has 0 aliphatic carbocycles. The summed E-state index contributed by atoms with van der Waals surface area (Å²) in [5.74, 6) is -1.55. The van der Waals surface area contributed by atoms with Crippen LogP contribution in [0.3, 0.4) is 0 Å². The van der Waals surface area contributed by atoms with Gasteiger partial charge in [-0.1, -0.05) is 30.3 Å². The maximum absolute atomic E-state index is 13.8. The van der Waals surface area contributed by atoms with Crippen LogP contribution in [0.5, 0.6) is 0 Å². The fourth-order valence-corrected chi connectivity index (χ4v) is 2.03. The highest BCUT2D eigenvalue weighted by molar-refractivity contribution is 5.34. The van der Waals surface area contributed by atoms with Crippen molar-refractivity contribution >= 4 is 0 Å². The van der Waals surface area contributed by atoms with Gasteiger partial charge in [0.05, 0.1) is 24.3 Å². The van der Waals surface area contributed by atoms with E-state index in [9.17, 15) is 13.9 Å². The van der Waals surface area contributed by atoms with Crippen LogP contribution in [0, 0.1) is 23.0 Å². The predicted molar refractivity (Wildman–Crippen MR) is 74.2 cm³/mol. The molecule has 108 valence electrons. The highest BCUT2D eigenvalue weighted by atomic mass is 19.1. The van der Waals surface area contributed by atoms with Crippen LogP contribution in [0.25, 0.3) is 0 Å². The Bertz CT molecular complexity index is 630. The highest BCUT2D eigenvalue weighted by Gasteiger charge is 2.14. The summed E-state index contributed by atoms with van der Waals surface area (Å²) in [6.07, 6.45) is 0. The molecule has 2 rings (SSSR count). The number of hydrogen-bond acceptors (Lipinski definition) is 3. The average molecular weight is 288 g/mol. The van der Waals surface area contributed by atoms with Gasteiger partial charge < -0.3 is 10.4 Å². The number of hydrogen-bond donors (Lipinski definition) is 2. The Morgan fingerprint density at radius 2 is 1.76 bits per heavy atom. The fraction of sp³-hybridized carbons (Fsp3) is 0.188. The van der Waals surface area contributed by atoms with Crippen molar-refractivity contribution < 1.29 is 13.9 Å². The second kappa shape index (κ2) is 6.93. The first-order chi connectivity index (χ1) is 10.2. The number of nitrogens with one attached hydrogen (secondary N) is 1. The second-order valence-corrected chi connectivity index (χ2v) is 4.56. The molecule has 0 spiro atoms. The molecular weight excluding hydrogens is 274 g/mol. The van der Waals surface area contributed by atoms with Gasteiger partial charge in [0.2, 0.25) is 0 Å². The van der Waals surface area contributed by atoms with E-state index in [4.69, 9.17) is 5.26 Å². The Hall–Kier alpha value is -2.29. The number of aliphatic hydroxyl groups excluding tert-OH is 1. The van der Waals surface area contributed by atoms with E-state index >= 15 is 0 Å². The molecule has 1 unspecified atom stereocenters. The van der Waals surface area contributed by atoms with Crippen molar-refractivity contribution in [3.63, 3.8) is 0 Å². The van der Waals surface area contributed by atoms with Gasteiger partial charge in [0, 0.05) is 12.1 Å². The Morgan fingerprint density at radius 3 is 2.29 bits per heavy atom. The summed E-state index contributed by atoms with van der Waals surface area (Å²) < 4.78 is 27.5. The Kier molecular flexibility index (Phi) is 4.99. The van der Waals surface area contributed by atoms with Crippen molar-refractivity contribution in [3.8, 4) is 6.07 Å². The number of benzene rings is 2. The third-order valence-electron chi connectivity index (χ3n) is 3.18. The minimum atomic E-state index is -0.774. The van der Waals surface area contributed by atoms with Crippen LogP contribution in [0.15, 0.2) is 42.5 Å². The molecule has 21 heavy (non-hydrogen) atoms. The van der Waals surface area contributed by atoms with Crippen LogP contribution in [0.4, 0.5) is 8.78 Å². The van der Waals surface area contributed by atoms with E-state index in [-0.39, 0.29) is 24.3 Å². The topological polar surface area (TPSA) is 56.0 Å². The summed E-state index contributed by atoms with van der Waals surface area (Å²) in [5.41, 5.74) is 0.619. The number of nitrogens with zero attached hydrogens (tertiary/aromatic N) is 1. The smallest absolute Gasteiger partial charge is 0.131 e. The molecule has 0 bridgehead atoms. The van der Waals surface area contributed by atoms with E-state index in [2.05, 4.69) is 5.32 Å². The molecule has 0 heterocycles. The molecule has 0 aromatic heterocycles. The quantitative estimate of drug-likeness (QED) is 0.889. The van der Waals surface area contributed by atoms with Gasteiger partial charge in [-0.25, -0.2) is 8.78 Å². The minimum absolute atomic E-state index is 0.0597. The van der Waals surface area contributed by atoms with Gasteiger partial charge in [-0.05, 0) is 17.7 Å². The zero-order chi connectivity index (χ0) is 15.2. The molecule has 0 aliphatic heterocycles. The van der Waals surface area contributed by atoms with E-state index in [1.807, 2.05) is 30.3 Å². The van der Waals surface area contributed by atoms with Crippen molar-refractivity contribution in [1.82, 2.24) is 5.32 Å². The summed E-state index contributed by atoms with van der Waals surface area (Å²) in [4.78, 5) is 0. The van der Waals surface area contributed by atoms with Gasteiger partial charge in [0.1, 0.15) is 11.6 Å². The molecule has 2 aromatic rings. The predicted octanol–water partition coefficient (Wildman–Crippen LogP) is 2.66. The van der Waals surface area contributed by atoms with Gasteiger partial charge in [-0.2, -0.15) is 5.26 Å². The van der Waals surface area contributed by atoms with E-state index in [0.29, 0.717) is 0 Å².